The van der Waals surface area contributed by atoms with Gasteiger partial charge in [0, 0.05) is 10.8 Å². The number of hydrogen-bond acceptors (Lipinski definition) is 3. The number of carbonyl (C=O) groups is 1. The molecule has 0 spiro atoms. The molecule has 0 aliphatic carbocycles. The van der Waals surface area contributed by atoms with Gasteiger partial charge in [0.25, 0.3) is 0 Å². The minimum Gasteiger partial charge on any atom is -0.297 e. The second-order valence-electron chi connectivity index (χ2n) is 3.95. The van der Waals surface area contributed by atoms with Crippen molar-refractivity contribution in [3.63, 3.8) is 0 Å². The highest BCUT2D eigenvalue weighted by atomic mass is 79.9. The number of aldehydes is 1. The number of thiazole rings is 1. The van der Waals surface area contributed by atoms with Crippen LogP contribution in [0.1, 0.15) is 9.67 Å². The fourth-order valence-electron chi connectivity index (χ4n) is 1.94. The largest absolute Gasteiger partial charge is 0.390 e. The molecule has 0 saturated carbocycles. The van der Waals surface area contributed by atoms with E-state index in [1.54, 1.807) is 4.57 Å². The van der Waals surface area contributed by atoms with Crippen LogP contribution in [-0.2, 0) is 0 Å². The van der Waals surface area contributed by atoms with E-state index in [9.17, 15) is 9.59 Å². The van der Waals surface area contributed by atoms with E-state index in [0.717, 1.165) is 26.6 Å². The third-order valence-electron chi connectivity index (χ3n) is 2.77. The van der Waals surface area contributed by atoms with Crippen molar-refractivity contribution >= 4 is 44.3 Å². The first-order chi connectivity index (χ1) is 9.19. The van der Waals surface area contributed by atoms with Crippen LogP contribution in [0.3, 0.4) is 0 Å². The number of hydrogen-bond donors (Lipinski definition) is 1. The van der Waals surface area contributed by atoms with Crippen LogP contribution < -0.4 is 9.44 Å². The van der Waals surface area contributed by atoms with Crippen molar-refractivity contribution in [2.75, 3.05) is 0 Å². The first kappa shape index (κ1) is 12.3. The average Bonchev–Trinajstić information content (AvgIpc) is 2.80. The quantitative estimate of drug-likeness (QED) is 0.577. The molecule has 0 saturated heterocycles. The molecular weight excluding hydrogens is 328 g/mol. The standard InChI is InChI=1S/C13H7BrN2O2S/c14-10-6-16(5-8-3-1-2-4-9(8)10)12-11(7-17)19-13(18)15-12/h1-7H/p+1. The predicted octanol–water partition coefficient (Wildman–Crippen LogP) is 2.44. The van der Waals surface area contributed by atoms with Gasteiger partial charge in [0.2, 0.25) is 0 Å². The highest BCUT2D eigenvalue weighted by Gasteiger charge is 2.18. The molecular formula is C13H8BrN2O2S+. The third kappa shape index (κ3) is 2.13. The van der Waals surface area contributed by atoms with Crippen molar-refractivity contribution in [3.05, 3.63) is 55.7 Å². The number of H-pyrrole nitrogens is 1. The smallest absolute Gasteiger partial charge is 0.297 e. The molecule has 6 heteroatoms. The molecule has 0 atom stereocenters. The van der Waals surface area contributed by atoms with Gasteiger partial charge in [-0.1, -0.05) is 24.3 Å². The SMILES string of the molecule is O=Cc1sc(=O)[nH]c1-[n+]1cc(Br)c2ccccc2c1. The fraction of sp³-hybridized carbons (Fsp3) is 0. The number of nitrogens with one attached hydrogen (secondary N) is 1. The minimum atomic E-state index is -0.242. The number of aromatic nitrogens is 2. The van der Waals surface area contributed by atoms with Gasteiger partial charge in [-0.05, 0) is 27.3 Å². The Morgan fingerprint density at radius 1 is 1.26 bits per heavy atom. The average molecular weight is 336 g/mol. The number of aromatic amines is 1. The number of fused-ring (bicyclic) bond motifs is 1. The second kappa shape index (κ2) is 4.71. The van der Waals surface area contributed by atoms with Gasteiger partial charge >= 0.3 is 10.7 Å². The lowest BCUT2D eigenvalue weighted by atomic mass is 10.2. The van der Waals surface area contributed by atoms with Crippen LogP contribution in [0.2, 0.25) is 0 Å². The monoisotopic (exact) mass is 335 g/mol. The number of halogens is 1. The van der Waals surface area contributed by atoms with E-state index in [4.69, 9.17) is 0 Å². The predicted molar refractivity (Wildman–Crippen MR) is 77.1 cm³/mol. The molecule has 0 amide bonds. The summed E-state index contributed by atoms with van der Waals surface area (Å²) >= 11 is 4.41. The summed E-state index contributed by atoms with van der Waals surface area (Å²) in [4.78, 5) is 25.2. The number of benzene rings is 1. The summed E-state index contributed by atoms with van der Waals surface area (Å²) in [5, 5.41) is 2.09. The van der Waals surface area contributed by atoms with Crippen molar-refractivity contribution in [2.45, 2.75) is 0 Å². The van der Waals surface area contributed by atoms with Crippen LogP contribution in [0.4, 0.5) is 0 Å². The molecule has 4 nitrogen and oxygen atoms in total. The third-order valence-corrected chi connectivity index (χ3v) is 4.20. The molecule has 3 rings (SSSR count). The van der Waals surface area contributed by atoms with Gasteiger partial charge < -0.3 is 0 Å². The summed E-state index contributed by atoms with van der Waals surface area (Å²) in [5.41, 5.74) is 0. The first-order valence-corrected chi connectivity index (χ1v) is 7.08. The fourth-order valence-corrected chi connectivity index (χ4v) is 3.17. The van der Waals surface area contributed by atoms with Crippen LogP contribution in [0, 0.1) is 0 Å². The summed E-state index contributed by atoms with van der Waals surface area (Å²) in [6, 6.07) is 7.87. The molecule has 2 aromatic heterocycles. The zero-order chi connectivity index (χ0) is 13.4. The molecule has 0 aliphatic heterocycles. The van der Waals surface area contributed by atoms with E-state index in [1.165, 1.54) is 0 Å². The van der Waals surface area contributed by atoms with Gasteiger partial charge in [0.05, 0.1) is 4.47 Å². The highest BCUT2D eigenvalue weighted by molar-refractivity contribution is 9.10. The molecule has 0 fully saturated rings. The van der Waals surface area contributed by atoms with E-state index >= 15 is 0 Å². The summed E-state index contributed by atoms with van der Waals surface area (Å²) in [6.07, 6.45) is 4.40. The van der Waals surface area contributed by atoms with Crippen molar-refractivity contribution in [1.82, 2.24) is 4.98 Å². The highest BCUT2D eigenvalue weighted by Crippen LogP contribution is 2.22. The Morgan fingerprint density at radius 2 is 2.05 bits per heavy atom. The van der Waals surface area contributed by atoms with Crippen molar-refractivity contribution in [3.8, 4) is 5.82 Å². The summed E-state index contributed by atoms with van der Waals surface area (Å²) in [7, 11) is 0. The Balaban J connectivity index is 2.31. The van der Waals surface area contributed by atoms with Crippen LogP contribution in [0.15, 0.2) is 45.9 Å². The molecule has 1 aromatic carbocycles. The lowest BCUT2D eigenvalue weighted by Crippen LogP contribution is -2.32. The van der Waals surface area contributed by atoms with Gasteiger partial charge in [-0.25, -0.2) is 9.36 Å². The summed E-state index contributed by atoms with van der Waals surface area (Å²) < 4.78 is 2.64. The molecule has 2 heterocycles. The second-order valence-corrected chi connectivity index (χ2v) is 5.81. The van der Waals surface area contributed by atoms with Gasteiger partial charge in [0.15, 0.2) is 11.2 Å². The molecule has 0 unspecified atom stereocenters. The molecule has 19 heavy (non-hydrogen) atoms. The van der Waals surface area contributed by atoms with E-state index in [-0.39, 0.29) is 4.87 Å². The molecule has 94 valence electrons. The zero-order valence-corrected chi connectivity index (χ0v) is 12.0. The molecule has 0 bridgehead atoms. The Morgan fingerprint density at radius 3 is 2.84 bits per heavy atom. The van der Waals surface area contributed by atoms with Crippen LogP contribution >= 0.6 is 27.3 Å². The Kier molecular flexibility index (Phi) is 3.04. The maximum atomic E-state index is 11.4. The molecule has 3 aromatic rings. The molecule has 0 radical (unpaired) electrons. The number of nitrogens with zero attached hydrogens (tertiary/aromatic N) is 1. The maximum Gasteiger partial charge on any atom is 0.390 e. The van der Waals surface area contributed by atoms with Gasteiger partial charge in [-0.2, -0.15) is 4.98 Å². The maximum absolute atomic E-state index is 11.4. The summed E-state index contributed by atoms with van der Waals surface area (Å²) in [6.45, 7) is 0. The van der Waals surface area contributed by atoms with E-state index in [2.05, 4.69) is 20.9 Å². The Bertz CT molecular complexity index is 838. The Hall–Kier alpha value is -1.79. The number of pyridine rings is 1. The Labute approximate surface area is 120 Å². The topological polar surface area (TPSA) is 53.8 Å². The van der Waals surface area contributed by atoms with Crippen molar-refractivity contribution < 1.29 is 9.36 Å². The van der Waals surface area contributed by atoms with Gasteiger partial charge in [-0.15, -0.1) is 0 Å². The van der Waals surface area contributed by atoms with Crippen molar-refractivity contribution in [1.29, 1.82) is 0 Å². The van der Waals surface area contributed by atoms with Gasteiger partial charge in [-0.3, -0.25) is 4.79 Å². The molecule has 1 N–H and O–H groups in total. The summed E-state index contributed by atoms with van der Waals surface area (Å²) in [5.74, 6) is 0.497. The first-order valence-electron chi connectivity index (χ1n) is 5.47. The van der Waals surface area contributed by atoms with E-state index in [1.807, 2.05) is 36.7 Å². The van der Waals surface area contributed by atoms with Crippen molar-refractivity contribution in [2.24, 2.45) is 0 Å². The van der Waals surface area contributed by atoms with Crippen LogP contribution in [-0.4, -0.2) is 11.3 Å². The normalized spacial score (nSPS) is 10.8. The number of rotatable bonds is 2. The number of carbonyl (C=O) groups excluding carboxylic acids is 1. The lowest BCUT2D eigenvalue weighted by Gasteiger charge is -2.02. The lowest BCUT2D eigenvalue weighted by molar-refractivity contribution is -0.598. The van der Waals surface area contributed by atoms with Crippen LogP contribution in [0.25, 0.3) is 16.6 Å². The molecule has 0 aliphatic rings. The van der Waals surface area contributed by atoms with E-state index in [0.29, 0.717) is 17.0 Å². The van der Waals surface area contributed by atoms with Gasteiger partial charge in [0.1, 0.15) is 12.4 Å². The van der Waals surface area contributed by atoms with E-state index < -0.39 is 0 Å². The minimum absolute atomic E-state index is 0.242. The zero-order valence-electron chi connectivity index (χ0n) is 9.59. The van der Waals surface area contributed by atoms with Crippen LogP contribution in [0.5, 0.6) is 0 Å².